The highest BCUT2D eigenvalue weighted by Gasteiger charge is 2.17. The number of nitro benzene ring substituents is 1. The van der Waals surface area contributed by atoms with E-state index in [2.05, 4.69) is 5.32 Å². The Labute approximate surface area is 140 Å². The minimum atomic E-state index is -0.737. The van der Waals surface area contributed by atoms with Crippen molar-refractivity contribution in [3.8, 4) is 5.75 Å². The highest BCUT2D eigenvalue weighted by Crippen LogP contribution is 2.27. The van der Waals surface area contributed by atoms with E-state index in [1.54, 1.807) is 0 Å². The minimum absolute atomic E-state index is 0.0983. The van der Waals surface area contributed by atoms with Gasteiger partial charge in [0, 0.05) is 16.7 Å². The van der Waals surface area contributed by atoms with Crippen molar-refractivity contribution in [2.24, 2.45) is 0 Å². The molecule has 0 radical (unpaired) electrons. The van der Waals surface area contributed by atoms with Crippen LogP contribution >= 0.6 is 11.6 Å². The molecule has 0 saturated heterocycles. The van der Waals surface area contributed by atoms with Crippen molar-refractivity contribution >= 4 is 35.2 Å². The second kappa shape index (κ2) is 7.51. The average molecular weight is 353 g/mol. The van der Waals surface area contributed by atoms with Crippen LogP contribution in [0.25, 0.3) is 0 Å². The number of nitrogens with one attached hydrogen (secondary N) is 1. The molecule has 0 aromatic heterocycles. The van der Waals surface area contributed by atoms with E-state index in [0.717, 1.165) is 12.1 Å². The van der Waals surface area contributed by atoms with E-state index in [-0.39, 0.29) is 22.0 Å². The number of ether oxygens (including phenoxy) is 1. The van der Waals surface area contributed by atoms with Crippen molar-refractivity contribution in [2.75, 3.05) is 11.9 Å². The first-order valence-electron chi connectivity index (χ1n) is 6.52. The number of carbonyl (C=O) groups excluding carboxylic acids is 2. The van der Waals surface area contributed by atoms with Crippen LogP contribution in [0.2, 0.25) is 5.02 Å². The Balaban J connectivity index is 2.06. The van der Waals surface area contributed by atoms with Crippen molar-refractivity contribution in [3.63, 3.8) is 0 Å². The van der Waals surface area contributed by atoms with Gasteiger partial charge in [0.05, 0.1) is 10.6 Å². The van der Waals surface area contributed by atoms with Crippen LogP contribution in [0.1, 0.15) is 10.4 Å². The average Bonchev–Trinajstić information content (AvgIpc) is 2.55. The van der Waals surface area contributed by atoms with E-state index >= 15 is 0 Å². The van der Waals surface area contributed by atoms with Crippen LogP contribution in [-0.4, -0.2) is 23.7 Å². The van der Waals surface area contributed by atoms with Crippen molar-refractivity contribution in [1.82, 2.24) is 0 Å². The van der Waals surface area contributed by atoms with Gasteiger partial charge in [-0.2, -0.15) is 0 Å². The molecule has 1 amide bonds. The molecule has 2 aromatic rings. The van der Waals surface area contributed by atoms with Gasteiger partial charge in [-0.25, -0.2) is 4.39 Å². The van der Waals surface area contributed by atoms with E-state index in [1.807, 2.05) is 0 Å². The molecule has 0 unspecified atom stereocenters. The number of amides is 1. The number of hydrogen-bond donors (Lipinski definition) is 1. The fourth-order valence-electron chi connectivity index (χ4n) is 1.79. The molecular weight excluding hydrogens is 343 g/mol. The maximum absolute atomic E-state index is 13.6. The maximum Gasteiger partial charge on any atom is 0.311 e. The Bertz CT molecular complexity index is 812. The summed E-state index contributed by atoms with van der Waals surface area (Å²) in [6, 6.07) is 7.24. The third kappa shape index (κ3) is 4.26. The molecule has 124 valence electrons. The number of hydrogen-bond acceptors (Lipinski definition) is 5. The molecule has 0 aliphatic carbocycles. The molecular formula is C15H10ClFN2O5. The van der Waals surface area contributed by atoms with E-state index in [1.165, 1.54) is 24.3 Å². The summed E-state index contributed by atoms with van der Waals surface area (Å²) in [7, 11) is 0. The molecule has 9 heteroatoms. The second-order valence-electron chi connectivity index (χ2n) is 4.56. The first-order chi connectivity index (χ1) is 11.4. The van der Waals surface area contributed by atoms with Gasteiger partial charge in [0.25, 0.3) is 5.91 Å². The minimum Gasteiger partial charge on any atom is -0.477 e. The molecule has 0 atom stereocenters. The lowest BCUT2D eigenvalue weighted by atomic mass is 10.2. The van der Waals surface area contributed by atoms with Gasteiger partial charge in [-0.15, -0.1) is 0 Å². The number of aldehydes is 1. The Hall–Kier alpha value is -3.00. The molecule has 0 saturated carbocycles. The number of anilines is 1. The fourth-order valence-corrected chi connectivity index (χ4v) is 1.95. The lowest BCUT2D eigenvalue weighted by Gasteiger charge is -2.09. The summed E-state index contributed by atoms with van der Waals surface area (Å²) in [5, 5.41) is 13.4. The van der Waals surface area contributed by atoms with Gasteiger partial charge < -0.3 is 10.1 Å². The van der Waals surface area contributed by atoms with Gasteiger partial charge in [-0.05, 0) is 30.3 Å². The highest BCUT2D eigenvalue weighted by atomic mass is 35.5. The molecule has 2 rings (SSSR count). The summed E-state index contributed by atoms with van der Waals surface area (Å²) in [5.74, 6) is -1.63. The Morgan fingerprint density at radius 1 is 1.33 bits per heavy atom. The molecule has 0 heterocycles. The first kappa shape index (κ1) is 17.4. The van der Waals surface area contributed by atoms with Gasteiger partial charge in [-0.3, -0.25) is 19.7 Å². The zero-order valence-electron chi connectivity index (χ0n) is 12.0. The number of rotatable bonds is 6. The monoisotopic (exact) mass is 352 g/mol. The molecule has 0 bridgehead atoms. The number of carbonyl (C=O) groups is 2. The summed E-state index contributed by atoms with van der Waals surface area (Å²) in [5.41, 5.74) is -0.453. The summed E-state index contributed by atoms with van der Waals surface area (Å²) in [6.45, 7) is -0.580. The first-order valence-corrected chi connectivity index (χ1v) is 6.90. The summed E-state index contributed by atoms with van der Waals surface area (Å²) >= 11 is 5.60. The smallest absolute Gasteiger partial charge is 0.311 e. The van der Waals surface area contributed by atoms with Gasteiger partial charge in [0.2, 0.25) is 0 Å². The third-order valence-electron chi connectivity index (χ3n) is 2.88. The zero-order valence-corrected chi connectivity index (χ0v) is 12.7. The molecule has 1 N–H and O–H groups in total. The molecule has 0 spiro atoms. The SMILES string of the molecule is O=Cc1ccc(OCC(=O)Nc2ccc(Cl)cc2F)c([N+](=O)[O-])c1. The van der Waals surface area contributed by atoms with Crippen molar-refractivity contribution in [1.29, 1.82) is 0 Å². The zero-order chi connectivity index (χ0) is 17.7. The standard InChI is InChI=1S/C15H10ClFN2O5/c16-10-2-3-12(11(17)6-10)18-15(21)8-24-14-4-1-9(7-20)5-13(14)19(22)23/h1-7H,8H2,(H,18,21). The normalized spacial score (nSPS) is 10.1. The molecule has 0 aliphatic rings. The Kier molecular flexibility index (Phi) is 5.43. The summed E-state index contributed by atoms with van der Waals surface area (Å²) in [6.07, 6.45) is 0.451. The number of halogens is 2. The van der Waals surface area contributed by atoms with Gasteiger partial charge in [0.1, 0.15) is 12.1 Å². The van der Waals surface area contributed by atoms with E-state index in [4.69, 9.17) is 16.3 Å². The number of benzene rings is 2. The Morgan fingerprint density at radius 3 is 2.71 bits per heavy atom. The van der Waals surface area contributed by atoms with Gasteiger partial charge >= 0.3 is 5.69 Å². The van der Waals surface area contributed by atoms with Crippen LogP contribution < -0.4 is 10.1 Å². The number of nitrogens with zero attached hydrogens (tertiary/aromatic N) is 1. The predicted molar refractivity (Wildman–Crippen MR) is 84.0 cm³/mol. The van der Waals surface area contributed by atoms with Gasteiger partial charge in [-0.1, -0.05) is 11.6 Å². The lowest BCUT2D eigenvalue weighted by molar-refractivity contribution is -0.385. The molecule has 24 heavy (non-hydrogen) atoms. The van der Waals surface area contributed by atoms with Crippen LogP contribution in [0.15, 0.2) is 36.4 Å². The van der Waals surface area contributed by atoms with Crippen LogP contribution in [0.4, 0.5) is 15.8 Å². The summed E-state index contributed by atoms with van der Waals surface area (Å²) < 4.78 is 18.6. The van der Waals surface area contributed by atoms with Crippen LogP contribution in [0.5, 0.6) is 5.75 Å². The Morgan fingerprint density at radius 2 is 2.08 bits per heavy atom. The molecule has 0 aliphatic heterocycles. The van der Waals surface area contributed by atoms with Crippen LogP contribution in [0.3, 0.4) is 0 Å². The third-order valence-corrected chi connectivity index (χ3v) is 3.11. The van der Waals surface area contributed by atoms with Crippen molar-refractivity contribution in [2.45, 2.75) is 0 Å². The van der Waals surface area contributed by atoms with E-state index < -0.39 is 28.9 Å². The van der Waals surface area contributed by atoms with E-state index in [0.29, 0.717) is 6.29 Å². The largest absolute Gasteiger partial charge is 0.477 e. The lowest BCUT2D eigenvalue weighted by Crippen LogP contribution is -2.21. The number of nitro groups is 1. The summed E-state index contributed by atoms with van der Waals surface area (Å²) in [4.78, 5) is 32.6. The molecule has 0 fully saturated rings. The van der Waals surface area contributed by atoms with Crippen LogP contribution in [0, 0.1) is 15.9 Å². The van der Waals surface area contributed by atoms with Crippen molar-refractivity contribution in [3.05, 3.63) is 62.9 Å². The van der Waals surface area contributed by atoms with E-state index in [9.17, 15) is 24.1 Å². The topological polar surface area (TPSA) is 98.5 Å². The van der Waals surface area contributed by atoms with Crippen molar-refractivity contribution < 1.29 is 23.6 Å². The maximum atomic E-state index is 13.6. The van der Waals surface area contributed by atoms with Gasteiger partial charge in [0.15, 0.2) is 12.4 Å². The quantitative estimate of drug-likeness (QED) is 0.489. The molecule has 7 nitrogen and oxygen atoms in total. The second-order valence-corrected chi connectivity index (χ2v) is 5.00. The molecule has 2 aromatic carbocycles. The predicted octanol–water partition coefficient (Wildman–Crippen LogP) is 3.22. The fraction of sp³-hybridized carbons (Fsp3) is 0.0667. The van der Waals surface area contributed by atoms with Crippen LogP contribution in [-0.2, 0) is 4.79 Å². The highest BCUT2D eigenvalue weighted by molar-refractivity contribution is 6.30.